The number of hydrogen-bond donors (Lipinski definition) is 4. The van der Waals surface area contributed by atoms with Crippen LogP contribution < -0.4 is 4.74 Å². The van der Waals surface area contributed by atoms with Gasteiger partial charge in [0.15, 0.2) is 0 Å². The molecule has 0 saturated carbocycles. The van der Waals surface area contributed by atoms with Gasteiger partial charge >= 0.3 is 0 Å². The Morgan fingerprint density at radius 1 is 1.10 bits per heavy atom. The van der Waals surface area contributed by atoms with E-state index in [1.807, 2.05) is 18.2 Å². The Hall–Kier alpha value is -2.18. The summed E-state index contributed by atoms with van der Waals surface area (Å²) in [5, 5.41) is 49.9. The van der Waals surface area contributed by atoms with Crippen LogP contribution in [0.5, 0.6) is 5.75 Å². The molecular formula is C22H22ClNO6. The van der Waals surface area contributed by atoms with Crippen LogP contribution in [0, 0.1) is 11.3 Å². The van der Waals surface area contributed by atoms with Gasteiger partial charge in [-0.1, -0.05) is 29.8 Å². The summed E-state index contributed by atoms with van der Waals surface area (Å²) in [4.78, 5) is 0. The molecule has 5 atom stereocenters. The molecule has 2 aromatic carbocycles. The Bertz CT molecular complexity index is 971. The lowest BCUT2D eigenvalue weighted by Gasteiger charge is -2.40. The van der Waals surface area contributed by atoms with Crippen molar-refractivity contribution < 1.29 is 29.9 Å². The number of ether oxygens (including phenoxy) is 2. The Morgan fingerprint density at radius 2 is 1.83 bits per heavy atom. The Labute approximate surface area is 178 Å². The topological polar surface area (TPSA) is 123 Å². The van der Waals surface area contributed by atoms with Crippen molar-refractivity contribution in [2.24, 2.45) is 0 Å². The second kappa shape index (κ2) is 8.52. The molecular weight excluding hydrogens is 410 g/mol. The van der Waals surface area contributed by atoms with Gasteiger partial charge in [-0.25, -0.2) is 0 Å². The molecule has 0 spiro atoms. The van der Waals surface area contributed by atoms with Crippen molar-refractivity contribution >= 4 is 11.6 Å². The lowest BCUT2D eigenvalue weighted by Crippen LogP contribution is -2.55. The summed E-state index contributed by atoms with van der Waals surface area (Å²) in [7, 11) is 0. The molecule has 2 aliphatic heterocycles. The van der Waals surface area contributed by atoms with Gasteiger partial charge in [-0.3, -0.25) is 0 Å². The highest BCUT2D eigenvalue weighted by molar-refractivity contribution is 6.33. The minimum Gasteiger partial charge on any atom is -0.491 e. The lowest BCUT2D eigenvalue weighted by molar-refractivity contribution is -0.231. The van der Waals surface area contributed by atoms with Crippen molar-refractivity contribution in [1.82, 2.24) is 0 Å². The smallest absolute Gasteiger partial charge is 0.141 e. The molecule has 1 saturated heterocycles. The van der Waals surface area contributed by atoms with Gasteiger partial charge in [0, 0.05) is 12.0 Å². The van der Waals surface area contributed by atoms with Crippen LogP contribution in [0.4, 0.5) is 0 Å². The van der Waals surface area contributed by atoms with Gasteiger partial charge in [-0.05, 0) is 35.2 Å². The largest absolute Gasteiger partial charge is 0.491 e. The van der Waals surface area contributed by atoms with E-state index >= 15 is 0 Å². The van der Waals surface area contributed by atoms with Crippen molar-refractivity contribution in [3.8, 4) is 11.8 Å². The first-order valence-corrected chi connectivity index (χ1v) is 10.1. The Balaban J connectivity index is 1.74. The number of nitriles is 1. The number of rotatable bonds is 4. The summed E-state index contributed by atoms with van der Waals surface area (Å²) in [6, 6.07) is 11.0. The number of nitrogens with zero attached hydrogens (tertiary/aromatic N) is 1. The summed E-state index contributed by atoms with van der Waals surface area (Å²) in [5.74, 6) is 0.523. The summed E-state index contributed by atoms with van der Waals surface area (Å²) in [6.45, 7) is -0.0639. The fourth-order valence-electron chi connectivity index (χ4n) is 4.07. The number of halogens is 1. The minimum atomic E-state index is -1.46. The van der Waals surface area contributed by atoms with Gasteiger partial charge in [0.25, 0.3) is 0 Å². The SMILES string of the molecule is N#Cc1ccc(Cc2cc([C@@H]3O[C@H](CO)[C@@H](O)[C@H](O)[C@@H]3O)c3c(c2Cl)OCC3)cc1. The van der Waals surface area contributed by atoms with Gasteiger partial charge in [0.2, 0.25) is 0 Å². The van der Waals surface area contributed by atoms with Crippen LogP contribution >= 0.6 is 11.6 Å². The normalized spacial score (nSPS) is 27.9. The van der Waals surface area contributed by atoms with Crippen molar-refractivity contribution in [2.75, 3.05) is 13.2 Å². The second-order valence-corrected chi connectivity index (χ2v) is 7.96. The van der Waals surface area contributed by atoms with Crippen LogP contribution in [-0.2, 0) is 17.6 Å². The lowest BCUT2D eigenvalue weighted by atomic mass is 9.87. The maximum atomic E-state index is 10.6. The van der Waals surface area contributed by atoms with E-state index in [1.54, 1.807) is 12.1 Å². The Morgan fingerprint density at radius 3 is 2.50 bits per heavy atom. The van der Waals surface area contributed by atoms with E-state index in [9.17, 15) is 20.4 Å². The van der Waals surface area contributed by atoms with Gasteiger partial charge in [-0.15, -0.1) is 0 Å². The summed E-state index contributed by atoms with van der Waals surface area (Å²) in [5.41, 5.74) is 3.65. The number of aliphatic hydroxyl groups excluding tert-OH is 4. The molecule has 2 aliphatic rings. The van der Waals surface area contributed by atoms with Crippen LogP contribution in [-0.4, -0.2) is 58.1 Å². The van der Waals surface area contributed by atoms with Crippen LogP contribution in [0.15, 0.2) is 30.3 Å². The van der Waals surface area contributed by atoms with Crippen LogP contribution in [0.2, 0.25) is 5.02 Å². The monoisotopic (exact) mass is 431 g/mol. The second-order valence-electron chi connectivity index (χ2n) is 7.58. The fraction of sp³-hybridized carbons (Fsp3) is 0.409. The van der Waals surface area contributed by atoms with E-state index in [0.717, 1.165) is 16.7 Å². The van der Waals surface area contributed by atoms with Gasteiger partial charge in [0.1, 0.15) is 36.3 Å². The third kappa shape index (κ3) is 3.67. The minimum absolute atomic E-state index is 0.430. The van der Waals surface area contributed by atoms with E-state index in [1.165, 1.54) is 0 Å². The van der Waals surface area contributed by atoms with Crippen LogP contribution in [0.25, 0.3) is 0 Å². The molecule has 2 heterocycles. The average molecular weight is 432 g/mol. The zero-order valence-electron chi connectivity index (χ0n) is 16.0. The molecule has 1 fully saturated rings. The molecule has 7 nitrogen and oxygen atoms in total. The van der Waals surface area contributed by atoms with Gasteiger partial charge in [0.05, 0.1) is 29.9 Å². The summed E-state index contributed by atoms with van der Waals surface area (Å²) >= 11 is 6.61. The molecule has 158 valence electrons. The summed E-state index contributed by atoms with van der Waals surface area (Å²) in [6.07, 6.45) is -5.18. The first-order valence-electron chi connectivity index (χ1n) is 9.71. The average Bonchev–Trinajstić information content (AvgIpc) is 3.26. The van der Waals surface area contributed by atoms with Crippen molar-refractivity contribution in [2.45, 2.75) is 43.4 Å². The van der Waals surface area contributed by atoms with Crippen LogP contribution in [0.1, 0.15) is 33.9 Å². The number of hydrogen-bond acceptors (Lipinski definition) is 7. The van der Waals surface area contributed by atoms with Crippen molar-refractivity contribution in [3.63, 3.8) is 0 Å². The highest BCUT2D eigenvalue weighted by Gasteiger charge is 2.45. The molecule has 0 aliphatic carbocycles. The Kier molecular flexibility index (Phi) is 5.98. The molecule has 0 amide bonds. The summed E-state index contributed by atoms with van der Waals surface area (Å²) < 4.78 is 11.5. The van der Waals surface area contributed by atoms with E-state index in [2.05, 4.69) is 6.07 Å². The fourth-order valence-corrected chi connectivity index (χ4v) is 4.36. The maximum absolute atomic E-state index is 10.6. The van der Waals surface area contributed by atoms with E-state index in [0.29, 0.717) is 41.3 Å². The quantitative estimate of drug-likeness (QED) is 0.574. The third-order valence-electron chi connectivity index (χ3n) is 5.71. The molecule has 30 heavy (non-hydrogen) atoms. The highest BCUT2D eigenvalue weighted by atomic mass is 35.5. The predicted octanol–water partition coefficient (Wildman–Crippen LogP) is 1.25. The van der Waals surface area contributed by atoms with E-state index in [-0.39, 0.29) is 0 Å². The van der Waals surface area contributed by atoms with Gasteiger partial charge < -0.3 is 29.9 Å². The van der Waals surface area contributed by atoms with Crippen LogP contribution in [0.3, 0.4) is 0 Å². The maximum Gasteiger partial charge on any atom is 0.141 e. The molecule has 0 aromatic heterocycles. The molecule has 4 N–H and O–H groups in total. The van der Waals surface area contributed by atoms with E-state index < -0.39 is 37.1 Å². The standard InChI is InChI=1S/C22H22ClNO6/c23-17-13(7-11-1-3-12(9-24)4-2-11)8-15(14-5-6-29-21(14)17)22-20(28)19(27)18(26)16(10-25)30-22/h1-4,8,16,18-20,22,25-28H,5-7,10H2/t16-,18-,19+,20+,22+/m1/s1. The predicted molar refractivity (Wildman–Crippen MR) is 107 cm³/mol. The number of fused-ring (bicyclic) bond motifs is 1. The first kappa shape index (κ1) is 21.1. The molecule has 4 rings (SSSR count). The zero-order chi connectivity index (χ0) is 21.4. The number of benzene rings is 2. The highest BCUT2D eigenvalue weighted by Crippen LogP contribution is 2.44. The molecule has 0 bridgehead atoms. The van der Waals surface area contributed by atoms with E-state index in [4.69, 9.17) is 26.3 Å². The zero-order valence-corrected chi connectivity index (χ0v) is 16.8. The molecule has 0 radical (unpaired) electrons. The van der Waals surface area contributed by atoms with Gasteiger partial charge in [-0.2, -0.15) is 5.26 Å². The molecule has 2 aromatic rings. The molecule has 0 unspecified atom stereocenters. The third-order valence-corrected chi connectivity index (χ3v) is 6.12. The number of aliphatic hydroxyl groups is 4. The molecule has 8 heteroatoms. The van der Waals surface area contributed by atoms with Crippen molar-refractivity contribution in [1.29, 1.82) is 5.26 Å². The first-order chi connectivity index (χ1) is 14.4. The van der Waals surface area contributed by atoms with Crippen molar-refractivity contribution in [3.05, 3.63) is 63.2 Å².